The Morgan fingerprint density at radius 1 is 1.00 bits per heavy atom. The van der Waals surface area contributed by atoms with E-state index in [0.29, 0.717) is 58.2 Å². The molecule has 0 atom stereocenters. The number of methoxy groups -OCH3 is 2. The molecule has 0 saturated carbocycles. The number of hydrogen-bond donors (Lipinski definition) is 1. The molecule has 1 aliphatic rings. The molecule has 0 radical (unpaired) electrons. The largest absolute Gasteiger partial charge is 0.493 e. The van der Waals surface area contributed by atoms with Crippen LogP contribution in [0, 0.1) is 0 Å². The summed E-state index contributed by atoms with van der Waals surface area (Å²) >= 11 is 0. The molecule has 0 saturated heterocycles. The van der Waals surface area contributed by atoms with E-state index < -0.39 is 0 Å². The minimum Gasteiger partial charge on any atom is -0.493 e. The topological polar surface area (TPSA) is 88.0 Å². The lowest BCUT2D eigenvalue weighted by Gasteiger charge is -2.19. The summed E-state index contributed by atoms with van der Waals surface area (Å²) in [5.74, 6) is 1.70. The van der Waals surface area contributed by atoms with E-state index in [-0.39, 0.29) is 11.5 Å². The molecule has 0 unspecified atom stereocenters. The fraction of sp³-hybridized carbons (Fsp3) is 0.238. The number of hydrogen-bond acceptors (Lipinski definition) is 6. The Kier molecular flexibility index (Phi) is 4.75. The first-order valence-corrected chi connectivity index (χ1v) is 8.98. The van der Waals surface area contributed by atoms with Crippen molar-refractivity contribution in [2.75, 3.05) is 32.8 Å². The summed E-state index contributed by atoms with van der Waals surface area (Å²) in [4.78, 5) is 25.6. The van der Waals surface area contributed by atoms with Gasteiger partial charge in [0.2, 0.25) is 0 Å². The predicted molar refractivity (Wildman–Crippen MR) is 108 cm³/mol. The zero-order valence-electron chi connectivity index (χ0n) is 16.3. The van der Waals surface area contributed by atoms with Crippen LogP contribution in [0.4, 0.5) is 5.69 Å². The van der Waals surface area contributed by atoms with Crippen molar-refractivity contribution in [1.82, 2.24) is 4.57 Å². The van der Waals surface area contributed by atoms with E-state index in [2.05, 4.69) is 5.32 Å². The van der Waals surface area contributed by atoms with Crippen molar-refractivity contribution >= 4 is 22.4 Å². The van der Waals surface area contributed by atoms with Crippen LogP contribution in [-0.4, -0.2) is 37.9 Å². The number of amides is 1. The molecular formula is C21H20N2O6. The first-order valence-electron chi connectivity index (χ1n) is 8.98. The summed E-state index contributed by atoms with van der Waals surface area (Å²) < 4.78 is 23.1. The van der Waals surface area contributed by atoms with E-state index in [4.69, 9.17) is 18.9 Å². The van der Waals surface area contributed by atoms with Crippen LogP contribution in [0.3, 0.4) is 0 Å². The maximum Gasteiger partial charge on any atom is 0.258 e. The first-order chi connectivity index (χ1) is 14.0. The van der Waals surface area contributed by atoms with Crippen molar-refractivity contribution in [2.45, 2.75) is 0 Å². The van der Waals surface area contributed by atoms with Crippen LogP contribution in [0.1, 0.15) is 10.4 Å². The van der Waals surface area contributed by atoms with E-state index >= 15 is 0 Å². The van der Waals surface area contributed by atoms with Gasteiger partial charge in [-0.2, -0.15) is 0 Å². The molecule has 0 spiro atoms. The Hall–Kier alpha value is -3.68. The second-order valence-electron chi connectivity index (χ2n) is 6.52. The molecule has 29 heavy (non-hydrogen) atoms. The molecule has 0 bridgehead atoms. The Morgan fingerprint density at radius 2 is 1.66 bits per heavy atom. The second kappa shape index (κ2) is 7.38. The average Bonchev–Trinajstić information content (AvgIpc) is 2.75. The van der Waals surface area contributed by atoms with Gasteiger partial charge in [-0.3, -0.25) is 9.59 Å². The van der Waals surface area contributed by atoms with Gasteiger partial charge in [0.25, 0.3) is 11.5 Å². The van der Waals surface area contributed by atoms with E-state index in [9.17, 15) is 9.59 Å². The van der Waals surface area contributed by atoms with Gasteiger partial charge in [-0.25, -0.2) is 0 Å². The minimum absolute atomic E-state index is 0.239. The molecule has 4 rings (SSSR count). The molecule has 2 aromatic carbocycles. The lowest BCUT2D eigenvalue weighted by molar-refractivity contribution is 0.102. The van der Waals surface area contributed by atoms with E-state index in [1.807, 2.05) is 0 Å². The third kappa shape index (κ3) is 3.33. The molecule has 2 heterocycles. The maximum atomic E-state index is 13.0. The normalized spacial score (nSPS) is 12.5. The number of anilines is 1. The summed E-state index contributed by atoms with van der Waals surface area (Å²) in [5.41, 5.74) is 0.650. The fourth-order valence-electron chi connectivity index (χ4n) is 3.29. The van der Waals surface area contributed by atoms with Crippen molar-refractivity contribution < 1.29 is 23.7 Å². The molecule has 3 aromatic rings. The molecule has 8 nitrogen and oxygen atoms in total. The van der Waals surface area contributed by atoms with Gasteiger partial charge in [-0.15, -0.1) is 0 Å². The quantitative estimate of drug-likeness (QED) is 0.729. The lowest BCUT2D eigenvalue weighted by atomic mass is 10.1. The number of aromatic nitrogens is 1. The van der Waals surface area contributed by atoms with Gasteiger partial charge in [0.15, 0.2) is 23.0 Å². The number of ether oxygens (including phenoxy) is 4. The SMILES string of the molecule is COc1cc2c(C(=O)Nc3ccc4c(c3)OCCO4)cn(C)c(=O)c2cc1OC. The van der Waals surface area contributed by atoms with E-state index in [0.717, 1.165) is 0 Å². The van der Waals surface area contributed by atoms with Gasteiger partial charge in [0.05, 0.1) is 25.2 Å². The highest BCUT2D eigenvalue weighted by molar-refractivity contribution is 6.13. The number of pyridine rings is 1. The third-order valence-electron chi connectivity index (χ3n) is 4.73. The van der Waals surface area contributed by atoms with Crippen LogP contribution >= 0.6 is 0 Å². The second-order valence-corrected chi connectivity index (χ2v) is 6.52. The summed E-state index contributed by atoms with van der Waals surface area (Å²) in [6.45, 7) is 0.950. The van der Waals surface area contributed by atoms with Gasteiger partial charge in [0, 0.05) is 30.4 Å². The van der Waals surface area contributed by atoms with E-state index in [1.165, 1.54) is 25.0 Å². The van der Waals surface area contributed by atoms with Crippen molar-refractivity contribution in [1.29, 1.82) is 0 Å². The van der Waals surface area contributed by atoms with Gasteiger partial charge in [-0.1, -0.05) is 0 Å². The smallest absolute Gasteiger partial charge is 0.258 e. The highest BCUT2D eigenvalue weighted by Crippen LogP contribution is 2.34. The lowest BCUT2D eigenvalue weighted by Crippen LogP contribution is -2.22. The Balaban J connectivity index is 1.77. The molecule has 8 heteroatoms. The first kappa shape index (κ1) is 18.7. The predicted octanol–water partition coefficient (Wildman–Crippen LogP) is 2.58. The van der Waals surface area contributed by atoms with Gasteiger partial charge < -0.3 is 28.8 Å². The minimum atomic E-state index is -0.366. The van der Waals surface area contributed by atoms with Gasteiger partial charge >= 0.3 is 0 Å². The number of fused-ring (bicyclic) bond motifs is 2. The third-order valence-corrected chi connectivity index (χ3v) is 4.73. The van der Waals surface area contributed by atoms with Crippen molar-refractivity contribution in [2.24, 2.45) is 7.05 Å². The van der Waals surface area contributed by atoms with Crippen molar-refractivity contribution in [3.05, 3.63) is 52.4 Å². The van der Waals surface area contributed by atoms with Crippen molar-refractivity contribution in [3.8, 4) is 23.0 Å². The molecular weight excluding hydrogens is 376 g/mol. The van der Waals surface area contributed by atoms with Crippen LogP contribution in [-0.2, 0) is 7.05 Å². The standard InChI is InChI=1S/C21H20N2O6/c1-23-11-15(13-9-17(26-2)18(27-3)10-14(13)21(23)25)20(24)22-12-4-5-16-19(8-12)29-7-6-28-16/h4-5,8-11H,6-7H2,1-3H3,(H,22,24). The van der Waals surface area contributed by atoms with Crippen LogP contribution < -0.4 is 29.8 Å². The summed E-state index contributed by atoms with van der Waals surface area (Å²) in [7, 11) is 4.59. The van der Waals surface area contributed by atoms with Crippen molar-refractivity contribution in [3.63, 3.8) is 0 Å². The molecule has 0 aliphatic carbocycles. The van der Waals surface area contributed by atoms with Crippen LogP contribution in [0.5, 0.6) is 23.0 Å². The number of benzene rings is 2. The Bertz CT molecular complexity index is 1170. The number of aryl methyl sites for hydroxylation is 1. The zero-order chi connectivity index (χ0) is 20.5. The molecule has 1 aromatic heterocycles. The van der Waals surface area contributed by atoms with E-state index in [1.54, 1.807) is 37.4 Å². The summed E-state index contributed by atoms with van der Waals surface area (Å²) in [6, 6.07) is 8.40. The molecule has 0 fully saturated rings. The summed E-state index contributed by atoms with van der Waals surface area (Å²) in [5, 5.41) is 3.69. The van der Waals surface area contributed by atoms with Crippen LogP contribution in [0.25, 0.3) is 10.8 Å². The van der Waals surface area contributed by atoms with Crippen LogP contribution in [0.15, 0.2) is 41.3 Å². The number of nitrogens with zero attached hydrogens (tertiary/aromatic N) is 1. The summed E-state index contributed by atoms with van der Waals surface area (Å²) in [6.07, 6.45) is 1.50. The fourth-order valence-corrected chi connectivity index (χ4v) is 3.29. The highest BCUT2D eigenvalue weighted by atomic mass is 16.6. The van der Waals surface area contributed by atoms with Gasteiger partial charge in [0.1, 0.15) is 13.2 Å². The van der Waals surface area contributed by atoms with Gasteiger partial charge in [-0.05, 0) is 24.3 Å². The average molecular weight is 396 g/mol. The number of nitrogens with one attached hydrogen (secondary N) is 1. The number of rotatable bonds is 4. The highest BCUT2D eigenvalue weighted by Gasteiger charge is 2.19. The number of carbonyl (C=O) groups is 1. The Labute approximate surface area is 166 Å². The molecule has 1 N–H and O–H groups in total. The molecule has 150 valence electrons. The maximum absolute atomic E-state index is 13.0. The molecule has 1 amide bonds. The Morgan fingerprint density at radius 3 is 2.34 bits per heavy atom. The zero-order valence-corrected chi connectivity index (χ0v) is 16.3. The molecule has 1 aliphatic heterocycles. The number of carbonyl (C=O) groups excluding carboxylic acids is 1. The monoisotopic (exact) mass is 396 g/mol. The van der Waals surface area contributed by atoms with Crippen LogP contribution in [0.2, 0.25) is 0 Å².